The van der Waals surface area contributed by atoms with Gasteiger partial charge in [-0.05, 0) is 13.0 Å². The van der Waals surface area contributed by atoms with E-state index in [-0.39, 0.29) is 10.6 Å². The molecule has 3 rings (SSSR count). The summed E-state index contributed by atoms with van der Waals surface area (Å²) in [5, 5.41) is 11.9. The molecule has 0 saturated heterocycles. The summed E-state index contributed by atoms with van der Waals surface area (Å²) in [5.41, 5.74) is 3.65. The highest BCUT2D eigenvalue weighted by atomic mass is 79.9. The van der Waals surface area contributed by atoms with Crippen molar-refractivity contribution in [2.24, 2.45) is 0 Å². The first-order valence-corrected chi connectivity index (χ1v) is 8.46. The molecule has 5 nitrogen and oxygen atoms in total. The van der Waals surface area contributed by atoms with Gasteiger partial charge in [-0.2, -0.15) is 0 Å². The fraction of sp³-hybridized carbons (Fsp3) is 0.111. The average Bonchev–Trinajstić information content (AvgIpc) is 2.61. The van der Waals surface area contributed by atoms with Gasteiger partial charge >= 0.3 is 0 Å². The molecule has 0 bridgehead atoms. The second-order valence-electron chi connectivity index (χ2n) is 5.23. The third-order valence-corrected chi connectivity index (χ3v) is 4.30. The van der Waals surface area contributed by atoms with Crippen LogP contribution in [0.5, 0.6) is 0 Å². The van der Waals surface area contributed by atoms with Crippen LogP contribution in [0.4, 0.5) is 5.69 Å². The first-order valence-electron chi connectivity index (χ1n) is 7.34. The molecule has 0 spiro atoms. The van der Waals surface area contributed by atoms with Crippen molar-refractivity contribution >= 4 is 21.6 Å². The van der Waals surface area contributed by atoms with Gasteiger partial charge in [0.1, 0.15) is 0 Å². The molecule has 0 N–H and O–H groups in total. The Labute approximate surface area is 147 Å². The van der Waals surface area contributed by atoms with E-state index in [1.807, 2.05) is 37.3 Å². The lowest BCUT2D eigenvalue weighted by Crippen LogP contribution is -2.03. The van der Waals surface area contributed by atoms with Gasteiger partial charge in [-0.25, -0.2) is 9.97 Å². The van der Waals surface area contributed by atoms with Gasteiger partial charge in [-0.3, -0.25) is 10.1 Å². The van der Waals surface area contributed by atoms with Crippen molar-refractivity contribution in [2.45, 2.75) is 12.3 Å². The highest BCUT2D eigenvalue weighted by molar-refractivity contribution is 9.08. The zero-order valence-corrected chi connectivity index (χ0v) is 14.5. The Morgan fingerprint density at radius 1 is 1.04 bits per heavy atom. The Hall–Kier alpha value is -2.60. The van der Waals surface area contributed by atoms with Crippen LogP contribution in [0.1, 0.15) is 11.3 Å². The lowest BCUT2D eigenvalue weighted by atomic mass is 10.0. The summed E-state index contributed by atoms with van der Waals surface area (Å²) < 4.78 is 0. The molecule has 0 saturated carbocycles. The molecule has 120 valence electrons. The fourth-order valence-corrected chi connectivity index (χ4v) is 3.20. The lowest BCUT2D eigenvalue weighted by Gasteiger charge is -2.12. The van der Waals surface area contributed by atoms with Gasteiger partial charge in [0.25, 0.3) is 5.69 Å². The third kappa shape index (κ3) is 3.05. The minimum atomic E-state index is -0.382. The molecule has 0 aliphatic heterocycles. The molecular formula is C18H14BrN3O2. The fourth-order valence-electron chi connectivity index (χ4n) is 2.53. The predicted octanol–water partition coefficient (Wildman–Crippen LogP) is 4.92. The molecule has 0 amide bonds. The number of halogens is 1. The molecule has 0 radical (unpaired) electrons. The molecule has 0 atom stereocenters. The van der Waals surface area contributed by atoms with Gasteiger partial charge < -0.3 is 0 Å². The Bertz CT molecular complexity index is 898. The maximum Gasteiger partial charge on any atom is 0.278 e. The molecule has 0 unspecified atom stereocenters. The number of nitrogens with zero attached hydrogens (tertiary/aromatic N) is 3. The largest absolute Gasteiger partial charge is 0.278 e. The number of rotatable bonds is 4. The van der Waals surface area contributed by atoms with E-state index < -0.39 is 0 Å². The molecule has 0 fully saturated rings. The molecular weight excluding hydrogens is 370 g/mol. The second-order valence-corrected chi connectivity index (χ2v) is 5.79. The number of para-hydroxylation sites is 1. The van der Waals surface area contributed by atoms with Crippen LogP contribution in [0.15, 0.2) is 54.6 Å². The monoisotopic (exact) mass is 383 g/mol. The maximum absolute atomic E-state index is 11.4. The van der Waals surface area contributed by atoms with Crippen molar-refractivity contribution in [1.29, 1.82) is 0 Å². The molecule has 1 heterocycles. The van der Waals surface area contributed by atoms with Crippen LogP contribution in [-0.2, 0) is 5.33 Å². The van der Waals surface area contributed by atoms with E-state index in [9.17, 15) is 10.1 Å². The van der Waals surface area contributed by atoms with Gasteiger partial charge in [-0.1, -0.05) is 58.4 Å². The van der Waals surface area contributed by atoms with Gasteiger partial charge in [0, 0.05) is 28.2 Å². The van der Waals surface area contributed by atoms with Crippen molar-refractivity contribution in [3.8, 4) is 22.6 Å². The minimum absolute atomic E-state index is 0.0387. The van der Waals surface area contributed by atoms with Crippen LogP contribution < -0.4 is 0 Å². The molecule has 6 heteroatoms. The molecule has 2 aromatic carbocycles. The second kappa shape index (κ2) is 6.88. The van der Waals surface area contributed by atoms with Gasteiger partial charge in [0.15, 0.2) is 5.82 Å². The zero-order valence-electron chi connectivity index (χ0n) is 12.9. The van der Waals surface area contributed by atoms with Gasteiger partial charge in [0.05, 0.1) is 16.2 Å². The third-order valence-electron chi connectivity index (χ3n) is 3.74. The highest BCUT2D eigenvalue weighted by Crippen LogP contribution is 2.34. The standard InChI is InChI=1S/C18H14BrN3O2/c1-12-15(11-19)17(14-9-5-6-10-16(14)22(23)24)21-18(20-12)13-7-3-2-4-8-13/h2-10H,11H2,1H3. The Kier molecular flexibility index (Phi) is 4.66. The molecule has 0 aliphatic carbocycles. The van der Waals surface area contributed by atoms with Crippen LogP contribution >= 0.6 is 15.9 Å². The van der Waals surface area contributed by atoms with E-state index in [1.165, 1.54) is 6.07 Å². The predicted molar refractivity (Wildman–Crippen MR) is 96.9 cm³/mol. The minimum Gasteiger partial charge on any atom is -0.258 e. The normalized spacial score (nSPS) is 10.6. The quantitative estimate of drug-likeness (QED) is 0.364. The average molecular weight is 384 g/mol. The van der Waals surface area contributed by atoms with Crippen molar-refractivity contribution in [2.75, 3.05) is 0 Å². The Morgan fingerprint density at radius 3 is 2.38 bits per heavy atom. The van der Waals surface area contributed by atoms with Crippen molar-refractivity contribution in [3.05, 3.63) is 76.0 Å². The van der Waals surface area contributed by atoms with Crippen molar-refractivity contribution < 1.29 is 4.92 Å². The smallest absolute Gasteiger partial charge is 0.258 e. The topological polar surface area (TPSA) is 68.9 Å². The number of nitro benzene ring substituents is 1. The van der Waals surface area contributed by atoms with E-state index in [0.717, 1.165) is 16.8 Å². The molecule has 3 aromatic rings. The lowest BCUT2D eigenvalue weighted by molar-refractivity contribution is -0.384. The van der Waals surface area contributed by atoms with Crippen molar-refractivity contribution in [1.82, 2.24) is 9.97 Å². The number of benzene rings is 2. The summed E-state index contributed by atoms with van der Waals surface area (Å²) in [4.78, 5) is 20.2. The zero-order chi connectivity index (χ0) is 17.1. The number of aryl methyl sites for hydroxylation is 1. The van der Waals surface area contributed by atoms with Gasteiger partial charge in [0.2, 0.25) is 0 Å². The number of hydrogen-bond donors (Lipinski definition) is 0. The summed E-state index contributed by atoms with van der Waals surface area (Å²) in [6, 6.07) is 16.2. The first kappa shape index (κ1) is 16.3. The maximum atomic E-state index is 11.4. The van der Waals surface area contributed by atoms with Crippen LogP contribution in [0, 0.1) is 17.0 Å². The van der Waals surface area contributed by atoms with Gasteiger partial charge in [-0.15, -0.1) is 0 Å². The van der Waals surface area contributed by atoms with E-state index in [2.05, 4.69) is 25.9 Å². The van der Waals surface area contributed by atoms with E-state index in [0.29, 0.717) is 22.4 Å². The number of nitro groups is 1. The van der Waals surface area contributed by atoms with E-state index >= 15 is 0 Å². The van der Waals surface area contributed by atoms with E-state index in [1.54, 1.807) is 18.2 Å². The van der Waals surface area contributed by atoms with Crippen LogP contribution in [0.25, 0.3) is 22.6 Å². The summed E-state index contributed by atoms with van der Waals surface area (Å²) >= 11 is 3.45. The van der Waals surface area contributed by atoms with E-state index in [4.69, 9.17) is 0 Å². The molecule has 0 aliphatic rings. The number of hydrogen-bond acceptors (Lipinski definition) is 4. The summed E-state index contributed by atoms with van der Waals surface area (Å²) in [5.74, 6) is 0.561. The van der Waals surface area contributed by atoms with Crippen molar-refractivity contribution in [3.63, 3.8) is 0 Å². The Morgan fingerprint density at radius 2 is 1.71 bits per heavy atom. The summed E-state index contributed by atoms with van der Waals surface area (Å²) in [6.07, 6.45) is 0. The highest BCUT2D eigenvalue weighted by Gasteiger charge is 2.21. The number of aromatic nitrogens is 2. The summed E-state index contributed by atoms with van der Waals surface area (Å²) in [7, 11) is 0. The number of alkyl halides is 1. The summed E-state index contributed by atoms with van der Waals surface area (Å²) in [6.45, 7) is 1.89. The SMILES string of the molecule is Cc1nc(-c2ccccc2)nc(-c2ccccc2[N+](=O)[O-])c1CBr. The van der Waals surface area contributed by atoms with Crippen LogP contribution in [0.3, 0.4) is 0 Å². The molecule has 1 aromatic heterocycles. The first-order chi connectivity index (χ1) is 11.6. The van der Waals surface area contributed by atoms with Crippen LogP contribution in [0.2, 0.25) is 0 Å². The molecule has 24 heavy (non-hydrogen) atoms. The van der Waals surface area contributed by atoms with Crippen LogP contribution in [-0.4, -0.2) is 14.9 Å². The Balaban J connectivity index is 2.28.